The zero-order chi connectivity index (χ0) is 14.7. The fourth-order valence-corrected chi connectivity index (χ4v) is 3.26. The van der Waals surface area contributed by atoms with Crippen LogP contribution in [0.2, 0.25) is 0 Å². The van der Waals surface area contributed by atoms with Gasteiger partial charge in [-0.3, -0.25) is 0 Å². The van der Waals surface area contributed by atoms with Gasteiger partial charge in [-0.25, -0.2) is 4.98 Å². The number of nitrogens with zero attached hydrogens (tertiary/aromatic N) is 1. The van der Waals surface area contributed by atoms with Crippen molar-refractivity contribution in [2.45, 2.75) is 51.8 Å². The number of para-hydroxylation sites is 1. The molecule has 1 fully saturated rings. The molecule has 1 heterocycles. The number of rotatable bonds is 7. The zero-order valence-corrected chi connectivity index (χ0v) is 13.5. The third-order valence-electron chi connectivity index (χ3n) is 3.51. The Kier molecular flexibility index (Phi) is 4.56. The maximum atomic E-state index is 5.81. The molecule has 2 aromatic rings. The molecule has 112 valence electrons. The summed E-state index contributed by atoms with van der Waals surface area (Å²) in [4.78, 5) is 6.21. The van der Waals surface area contributed by atoms with Gasteiger partial charge in [0, 0.05) is 23.4 Å². The Morgan fingerprint density at radius 3 is 2.71 bits per heavy atom. The van der Waals surface area contributed by atoms with Crippen molar-refractivity contribution < 1.29 is 4.74 Å². The van der Waals surface area contributed by atoms with Crippen LogP contribution in [-0.2, 0) is 13.2 Å². The minimum Gasteiger partial charge on any atom is -0.486 e. The molecule has 3 rings (SSSR count). The lowest BCUT2D eigenvalue weighted by molar-refractivity contribution is 0.305. The van der Waals surface area contributed by atoms with Gasteiger partial charge >= 0.3 is 0 Å². The third-order valence-corrected chi connectivity index (χ3v) is 4.56. The Bertz CT molecular complexity index is 576. The highest BCUT2D eigenvalue weighted by Gasteiger charge is 2.29. The summed E-state index contributed by atoms with van der Waals surface area (Å²) >= 11 is 1.79. The van der Waals surface area contributed by atoms with E-state index in [0.29, 0.717) is 18.6 Å². The van der Waals surface area contributed by atoms with E-state index in [2.05, 4.69) is 19.2 Å². The second kappa shape index (κ2) is 6.58. The average Bonchev–Trinajstić information content (AvgIpc) is 3.25. The fraction of sp³-hybridized carbons (Fsp3) is 0.471. The molecular formula is C17H22N2OS. The minimum atomic E-state index is 0.503. The molecule has 0 atom stereocenters. The first-order valence-corrected chi connectivity index (χ1v) is 8.43. The Balaban J connectivity index is 1.66. The zero-order valence-electron chi connectivity index (χ0n) is 12.6. The van der Waals surface area contributed by atoms with Gasteiger partial charge in [-0.1, -0.05) is 32.0 Å². The van der Waals surface area contributed by atoms with Gasteiger partial charge in [-0.2, -0.15) is 0 Å². The van der Waals surface area contributed by atoms with Crippen molar-refractivity contribution in [3.63, 3.8) is 0 Å². The molecule has 1 N–H and O–H groups in total. The highest BCUT2D eigenvalue weighted by molar-refractivity contribution is 7.11. The van der Waals surface area contributed by atoms with Gasteiger partial charge < -0.3 is 10.1 Å². The largest absolute Gasteiger partial charge is 0.486 e. The van der Waals surface area contributed by atoms with Gasteiger partial charge in [-0.05, 0) is 25.0 Å². The van der Waals surface area contributed by atoms with E-state index in [0.717, 1.165) is 17.3 Å². The van der Waals surface area contributed by atoms with Gasteiger partial charge in [0.25, 0.3) is 0 Å². The van der Waals surface area contributed by atoms with Crippen LogP contribution in [0.15, 0.2) is 30.3 Å². The van der Waals surface area contributed by atoms with Crippen molar-refractivity contribution in [1.29, 1.82) is 0 Å². The second-order valence-corrected chi connectivity index (χ2v) is 7.00. The van der Waals surface area contributed by atoms with E-state index in [-0.39, 0.29) is 0 Å². The molecule has 1 aliphatic rings. The molecule has 0 radical (unpaired) electrons. The van der Waals surface area contributed by atoms with E-state index in [9.17, 15) is 0 Å². The lowest BCUT2D eigenvalue weighted by Crippen LogP contribution is -2.21. The number of thiazole rings is 1. The van der Waals surface area contributed by atoms with Crippen LogP contribution in [0, 0.1) is 0 Å². The van der Waals surface area contributed by atoms with Crippen LogP contribution in [0.1, 0.15) is 48.2 Å². The van der Waals surface area contributed by atoms with Crippen LogP contribution in [0.4, 0.5) is 0 Å². The highest BCUT2D eigenvalue weighted by atomic mass is 32.1. The van der Waals surface area contributed by atoms with Gasteiger partial charge in [0.2, 0.25) is 0 Å². The monoisotopic (exact) mass is 302 g/mol. The standard InChI is InChI=1S/C17H22N2OS/c1-12(2)18-10-15-17(13-8-9-13)19-16(21-15)11-20-14-6-4-3-5-7-14/h3-7,12-13,18H,8-11H2,1-2H3. The summed E-state index contributed by atoms with van der Waals surface area (Å²) in [6.45, 7) is 5.84. The van der Waals surface area contributed by atoms with Crippen LogP contribution in [0.25, 0.3) is 0 Å². The van der Waals surface area contributed by atoms with E-state index in [1.165, 1.54) is 23.4 Å². The van der Waals surface area contributed by atoms with Gasteiger partial charge in [0.15, 0.2) is 0 Å². The van der Waals surface area contributed by atoms with Crippen LogP contribution < -0.4 is 10.1 Å². The number of hydrogen-bond acceptors (Lipinski definition) is 4. The van der Waals surface area contributed by atoms with Crippen molar-refractivity contribution in [1.82, 2.24) is 10.3 Å². The van der Waals surface area contributed by atoms with Crippen molar-refractivity contribution in [2.75, 3.05) is 0 Å². The van der Waals surface area contributed by atoms with E-state index in [4.69, 9.17) is 9.72 Å². The van der Waals surface area contributed by atoms with Crippen molar-refractivity contribution in [2.24, 2.45) is 0 Å². The van der Waals surface area contributed by atoms with Crippen LogP contribution in [-0.4, -0.2) is 11.0 Å². The summed E-state index contributed by atoms with van der Waals surface area (Å²) in [5.41, 5.74) is 1.31. The third kappa shape index (κ3) is 4.05. The summed E-state index contributed by atoms with van der Waals surface area (Å²) < 4.78 is 5.81. The van der Waals surface area contributed by atoms with Crippen LogP contribution in [0.5, 0.6) is 5.75 Å². The Hall–Kier alpha value is -1.39. The molecule has 4 heteroatoms. The molecule has 0 aliphatic heterocycles. The first-order valence-electron chi connectivity index (χ1n) is 7.62. The molecule has 1 aliphatic carbocycles. The molecular weight excluding hydrogens is 280 g/mol. The first kappa shape index (κ1) is 14.5. The van der Waals surface area contributed by atoms with E-state index >= 15 is 0 Å². The molecule has 21 heavy (non-hydrogen) atoms. The number of ether oxygens (including phenoxy) is 1. The molecule has 0 spiro atoms. The molecule has 3 nitrogen and oxygen atoms in total. The number of benzene rings is 1. The smallest absolute Gasteiger partial charge is 0.140 e. The summed E-state index contributed by atoms with van der Waals surface area (Å²) in [5, 5.41) is 4.59. The predicted octanol–water partition coefficient (Wildman–Crippen LogP) is 4.10. The van der Waals surface area contributed by atoms with Gasteiger partial charge in [0.1, 0.15) is 17.4 Å². The molecule has 1 aromatic carbocycles. The molecule has 0 amide bonds. The number of hydrogen-bond donors (Lipinski definition) is 1. The van der Waals surface area contributed by atoms with Crippen molar-refractivity contribution in [3.8, 4) is 5.75 Å². The summed E-state index contributed by atoms with van der Waals surface area (Å²) in [5.74, 6) is 1.60. The lowest BCUT2D eigenvalue weighted by Gasteiger charge is -2.07. The fourth-order valence-electron chi connectivity index (χ4n) is 2.24. The Morgan fingerprint density at radius 1 is 1.29 bits per heavy atom. The Labute approximate surface area is 130 Å². The molecule has 0 saturated heterocycles. The molecule has 1 saturated carbocycles. The Morgan fingerprint density at radius 2 is 2.05 bits per heavy atom. The first-order chi connectivity index (χ1) is 10.2. The maximum Gasteiger partial charge on any atom is 0.140 e. The van der Waals surface area contributed by atoms with Crippen LogP contribution in [0.3, 0.4) is 0 Å². The lowest BCUT2D eigenvalue weighted by atomic mass is 10.2. The topological polar surface area (TPSA) is 34.1 Å². The van der Waals surface area contributed by atoms with E-state index in [1.54, 1.807) is 11.3 Å². The quantitative estimate of drug-likeness (QED) is 0.836. The maximum absolute atomic E-state index is 5.81. The SMILES string of the molecule is CC(C)NCc1sc(COc2ccccc2)nc1C1CC1. The molecule has 0 bridgehead atoms. The second-order valence-electron chi connectivity index (χ2n) is 5.83. The van der Waals surface area contributed by atoms with Crippen LogP contribution >= 0.6 is 11.3 Å². The molecule has 1 aromatic heterocycles. The number of aromatic nitrogens is 1. The summed E-state index contributed by atoms with van der Waals surface area (Å²) in [6.07, 6.45) is 2.58. The summed E-state index contributed by atoms with van der Waals surface area (Å²) in [6, 6.07) is 10.4. The normalized spacial score (nSPS) is 14.6. The van der Waals surface area contributed by atoms with Crippen molar-refractivity contribution in [3.05, 3.63) is 45.9 Å². The van der Waals surface area contributed by atoms with Gasteiger partial charge in [0.05, 0.1) is 5.69 Å². The van der Waals surface area contributed by atoms with E-state index < -0.39 is 0 Å². The number of nitrogens with one attached hydrogen (secondary N) is 1. The average molecular weight is 302 g/mol. The highest BCUT2D eigenvalue weighted by Crippen LogP contribution is 2.42. The predicted molar refractivity (Wildman–Crippen MR) is 86.8 cm³/mol. The molecule has 0 unspecified atom stereocenters. The summed E-state index contributed by atoms with van der Waals surface area (Å²) in [7, 11) is 0. The minimum absolute atomic E-state index is 0.503. The van der Waals surface area contributed by atoms with E-state index in [1.807, 2.05) is 30.3 Å². The van der Waals surface area contributed by atoms with Crippen molar-refractivity contribution >= 4 is 11.3 Å². The van der Waals surface area contributed by atoms with Gasteiger partial charge in [-0.15, -0.1) is 11.3 Å².